The van der Waals surface area contributed by atoms with Crippen molar-refractivity contribution in [3.05, 3.63) is 65.2 Å². The van der Waals surface area contributed by atoms with Crippen molar-refractivity contribution in [2.24, 2.45) is 5.92 Å². The first kappa shape index (κ1) is 23.1. The molecule has 2 aromatic rings. The van der Waals surface area contributed by atoms with Gasteiger partial charge in [-0.25, -0.2) is 4.79 Å². The molecule has 33 heavy (non-hydrogen) atoms. The van der Waals surface area contributed by atoms with E-state index in [2.05, 4.69) is 22.0 Å². The third-order valence-electron chi connectivity index (χ3n) is 6.49. The van der Waals surface area contributed by atoms with Crippen LogP contribution in [0.2, 0.25) is 0 Å². The van der Waals surface area contributed by atoms with Gasteiger partial charge in [0.15, 0.2) is 0 Å². The van der Waals surface area contributed by atoms with Gasteiger partial charge >= 0.3 is 6.03 Å². The fourth-order valence-electron chi connectivity index (χ4n) is 4.88. The molecule has 176 valence electrons. The van der Waals surface area contributed by atoms with Gasteiger partial charge in [0.2, 0.25) is 5.91 Å². The molecule has 3 N–H and O–H groups in total. The van der Waals surface area contributed by atoms with Crippen molar-refractivity contribution in [2.75, 3.05) is 6.61 Å². The number of fused-ring (bicyclic) bond motifs is 1. The van der Waals surface area contributed by atoms with Crippen molar-refractivity contribution >= 4 is 11.9 Å². The third-order valence-corrected chi connectivity index (χ3v) is 6.49. The highest BCUT2D eigenvalue weighted by Crippen LogP contribution is 2.30. The van der Waals surface area contributed by atoms with Crippen molar-refractivity contribution in [1.82, 2.24) is 16.0 Å². The maximum Gasteiger partial charge on any atom is 0.315 e. The van der Waals surface area contributed by atoms with Gasteiger partial charge in [-0.1, -0.05) is 42.8 Å². The Bertz CT molecular complexity index is 960. The van der Waals surface area contributed by atoms with E-state index in [9.17, 15) is 9.59 Å². The molecule has 1 heterocycles. The number of carbonyl (C=O) groups excluding carboxylic acids is 2. The number of hydrogen-bond acceptors (Lipinski definition) is 3. The van der Waals surface area contributed by atoms with E-state index in [1.807, 2.05) is 56.3 Å². The van der Waals surface area contributed by atoms with Crippen molar-refractivity contribution in [1.29, 1.82) is 0 Å². The van der Waals surface area contributed by atoms with Gasteiger partial charge in [0, 0.05) is 18.0 Å². The summed E-state index contributed by atoms with van der Waals surface area (Å²) < 4.78 is 5.77. The molecule has 2 aromatic carbocycles. The van der Waals surface area contributed by atoms with E-state index in [1.165, 1.54) is 5.56 Å². The zero-order valence-corrected chi connectivity index (χ0v) is 19.6. The second-order valence-electron chi connectivity index (χ2n) is 9.50. The maximum absolute atomic E-state index is 13.1. The van der Waals surface area contributed by atoms with Crippen LogP contribution >= 0.6 is 0 Å². The molecule has 0 aromatic heterocycles. The number of nitrogens with one attached hydrogen (secondary N) is 3. The van der Waals surface area contributed by atoms with Crippen LogP contribution in [0.1, 0.15) is 68.7 Å². The Labute approximate surface area is 196 Å². The highest BCUT2D eigenvalue weighted by atomic mass is 16.5. The number of rotatable bonds is 6. The molecule has 0 saturated heterocycles. The molecule has 3 amide bonds. The van der Waals surface area contributed by atoms with E-state index in [1.54, 1.807) is 0 Å². The molecule has 6 nitrogen and oxygen atoms in total. The monoisotopic (exact) mass is 449 g/mol. The number of amides is 3. The zero-order chi connectivity index (χ0) is 23.2. The van der Waals surface area contributed by atoms with E-state index < -0.39 is 0 Å². The van der Waals surface area contributed by atoms with Crippen LogP contribution in [-0.2, 0) is 11.2 Å². The molecule has 1 saturated carbocycles. The Hall–Kier alpha value is -3.02. The van der Waals surface area contributed by atoms with Crippen molar-refractivity contribution in [2.45, 2.75) is 70.5 Å². The molecule has 3 unspecified atom stereocenters. The predicted molar refractivity (Wildman–Crippen MR) is 129 cm³/mol. The Morgan fingerprint density at radius 1 is 0.970 bits per heavy atom. The molecule has 0 bridgehead atoms. The third kappa shape index (κ3) is 6.06. The maximum atomic E-state index is 13.1. The molecule has 4 rings (SSSR count). The van der Waals surface area contributed by atoms with Gasteiger partial charge in [-0.15, -0.1) is 0 Å². The average molecular weight is 450 g/mol. The lowest BCUT2D eigenvalue weighted by molar-refractivity contribution is -0.126. The SMILES string of the molecule is CC(C)NC(=O)C1CCCC(NC(=O)NC(c2ccccc2)c2ccc3c(c2)CCCO3)C1. The summed E-state index contributed by atoms with van der Waals surface area (Å²) in [5.41, 5.74) is 3.26. The minimum Gasteiger partial charge on any atom is -0.493 e. The Morgan fingerprint density at radius 2 is 1.79 bits per heavy atom. The summed E-state index contributed by atoms with van der Waals surface area (Å²) in [6.45, 7) is 4.70. The molecule has 2 aliphatic rings. The van der Waals surface area contributed by atoms with Crippen LogP contribution < -0.4 is 20.7 Å². The molecular formula is C27H35N3O3. The first-order chi connectivity index (χ1) is 16.0. The number of benzene rings is 2. The summed E-state index contributed by atoms with van der Waals surface area (Å²) in [6, 6.07) is 15.9. The normalized spacial score (nSPS) is 20.8. The number of urea groups is 1. The number of carbonyl (C=O) groups is 2. The van der Waals surface area contributed by atoms with Gasteiger partial charge in [-0.05, 0) is 74.8 Å². The van der Waals surface area contributed by atoms with Crippen LogP contribution in [-0.4, -0.2) is 30.6 Å². The first-order valence-corrected chi connectivity index (χ1v) is 12.2. The first-order valence-electron chi connectivity index (χ1n) is 12.2. The van der Waals surface area contributed by atoms with Gasteiger partial charge in [0.25, 0.3) is 0 Å². The van der Waals surface area contributed by atoms with Gasteiger partial charge in [-0.2, -0.15) is 0 Å². The second kappa shape index (κ2) is 10.7. The van der Waals surface area contributed by atoms with Gasteiger partial charge in [0.1, 0.15) is 5.75 Å². The van der Waals surface area contributed by atoms with E-state index in [-0.39, 0.29) is 36.0 Å². The van der Waals surface area contributed by atoms with Crippen LogP contribution in [0.3, 0.4) is 0 Å². The smallest absolute Gasteiger partial charge is 0.315 e. The van der Waals surface area contributed by atoms with Crippen LogP contribution in [0.4, 0.5) is 4.79 Å². The lowest BCUT2D eigenvalue weighted by Gasteiger charge is -2.30. The van der Waals surface area contributed by atoms with Crippen molar-refractivity contribution < 1.29 is 14.3 Å². The minimum absolute atomic E-state index is 0.00461. The highest BCUT2D eigenvalue weighted by Gasteiger charge is 2.29. The molecule has 1 aliphatic carbocycles. The molecular weight excluding hydrogens is 414 g/mol. The van der Waals surface area contributed by atoms with Crippen molar-refractivity contribution in [3.63, 3.8) is 0 Å². The van der Waals surface area contributed by atoms with E-state index >= 15 is 0 Å². The predicted octanol–water partition coefficient (Wildman–Crippen LogP) is 4.48. The zero-order valence-electron chi connectivity index (χ0n) is 19.6. The Kier molecular flexibility index (Phi) is 7.53. The van der Waals surface area contributed by atoms with E-state index in [0.29, 0.717) is 6.42 Å². The summed E-state index contributed by atoms with van der Waals surface area (Å²) >= 11 is 0. The molecule has 0 spiro atoms. The molecule has 6 heteroatoms. The van der Waals surface area contributed by atoms with Gasteiger partial charge in [0.05, 0.1) is 12.6 Å². The van der Waals surface area contributed by atoms with Crippen LogP contribution in [0.5, 0.6) is 5.75 Å². The summed E-state index contributed by atoms with van der Waals surface area (Å²) in [4.78, 5) is 25.5. The Morgan fingerprint density at radius 3 is 2.58 bits per heavy atom. The summed E-state index contributed by atoms with van der Waals surface area (Å²) in [5, 5.41) is 9.33. The number of hydrogen-bond donors (Lipinski definition) is 3. The second-order valence-corrected chi connectivity index (χ2v) is 9.50. The van der Waals surface area contributed by atoms with E-state index in [0.717, 1.165) is 55.6 Å². The standard InChI is InChI=1S/C27H35N3O3/c1-18(2)28-26(31)22-10-6-12-23(17-22)29-27(32)30-25(19-8-4-3-5-9-19)21-13-14-24-20(16-21)11-7-15-33-24/h3-5,8-9,13-14,16,18,22-23,25H,6-7,10-12,15,17H2,1-2H3,(H,28,31)(H2,29,30,32). The van der Waals surface area contributed by atoms with Gasteiger partial charge in [-0.3, -0.25) is 4.79 Å². The van der Waals surface area contributed by atoms with E-state index in [4.69, 9.17) is 4.74 Å². The molecule has 1 fully saturated rings. The molecule has 1 aliphatic heterocycles. The summed E-state index contributed by atoms with van der Waals surface area (Å²) in [5.74, 6) is 0.988. The largest absolute Gasteiger partial charge is 0.493 e. The lowest BCUT2D eigenvalue weighted by Crippen LogP contribution is -2.47. The number of ether oxygens (including phenoxy) is 1. The fraction of sp³-hybridized carbons (Fsp3) is 0.481. The average Bonchev–Trinajstić information content (AvgIpc) is 2.82. The van der Waals surface area contributed by atoms with Gasteiger partial charge < -0.3 is 20.7 Å². The minimum atomic E-state index is -0.262. The van der Waals surface area contributed by atoms with Crippen LogP contribution in [0.25, 0.3) is 0 Å². The number of aryl methyl sites for hydroxylation is 1. The molecule has 3 atom stereocenters. The fourth-order valence-corrected chi connectivity index (χ4v) is 4.88. The molecule has 0 radical (unpaired) electrons. The summed E-state index contributed by atoms with van der Waals surface area (Å²) in [7, 11) is 0. The Balaban J connectivity index is 1.45. The topological polar surface area (TPSA) is 79.5 Å². The highest BCUT2D eigenvalue weighted by molar-refractivity contribution is 5.79. The van der Waals surface area contributed by atoms with Crippen LogP contribution in [0.15, 0.2) is 48.5 Å². The van der Waals surface area contributed by atoms with Crippen LogP contribution in [0, 0.1) is 5.92 Å². The summed E-state index contributed by atoms with van der Waals surface area (Å²) in [6.07, 6.45) is 5.38. The lowest BCUT2D eigenvalue weighted by atomic mass is 9.85. The quantitative estimate of drug-likeness (QED) is 0.608. The van der Waals surface area contributed by atoms with Crippen molar-refractivity contribution in [3.8, 4) is 5.75 Å².